The highest BCUT2D eigenvalue weighted by Crippen LogP contribution is 2.34. The van der Waals surface area contributed by atoms with Gasteiger partial charge in [0.15, 0.2) is 6.61 Å². The van der Waals surface area contributed by atoms with Crippen molar-refractivity contribution >= 4 is 33.5 Å². The molecule has 0 aliphatic rings. The number of ether oxygens (including phenoxy) is 1. The zero-order chi connectivity index (χ0) is 17.1. The van der Waals surface area contributed by atoms with Gasteiger partial charge < -0.3 is 14.3 Å². The van der Waals surface area contributed by atoms with Crippen molar-refractivity contribution < 1.29 is 19.1 Å². The molecule has 1 heterocycles. The van der Waals surface area contributed by atoms with Gasteiger partial charge in [-0.25, -0.2) is 9.78 Å². The Hall–Kier alpha value is -2.31. The predicted molar refractivity (Wildman–Crippen MR) is 93.2 cm³/mol. The summed E-state index contributed by atoms with van der Waals surface area (Å²) in [5.74, 6) is -0.201. The number of carboxylic acids is 1. The molecule has 3 aromatic rings. The van der Waals surface area contributed by atoms with Gasteiger partial charge in [-0.2, -0.15) is 0 Å². The van der Waals surface area contributed by atoms with Gasteiger partial charge in [0.05, 0.1) is 0 Å². The zero-order valence-corrected chi connectivity index (χ0v) is 14.5. The van der Waals surface area contributed by atoms with E-state index >= 15 is 0 Å². The number of oxazole rings is 1. The normalized spacial score (nSPS) is 10.6. The molecule has 1 aromatic heterocycles. The van der Waals surface area contributed by atoms with Crippen LogP contribution in [0.2, 0.25) is 5.02 Å². The number of carbonyl (C=O) groups is 1. The van der Waals surface area contributed by atoms with E-state index in [0.717, 1.165) is 10.0 Å². The number of rotatable bonds is 5. The highest BCUT2D eigenvalue weighted by molar-refractivity contribution is 9.10. The van der Waals surface area contributed by atoms with Crippen molar-refractivity contribution in [2.45, 2.75) is 0 Å². The van der Waals surface area contributed by atoms with Crippen molar-refractivity contribution in [3.8, 4) is 28.5 Å². The summed E-state index contributed by atoms with van der Waals surface area (Å²) in [4.78, 5) is 15.2. The molecule has 0 amide bonds. The first-order chi connectivity index (χ1) is 11.5. The maximum atomic E-state index is 10.7. The molecule has 0 atom stereocenters. The lowest BCUT2D eigenvalue weighted by molar-refractivity contribution is -0.139. The lowest BCUT2D eigenvalue weighted by Gasteiger charge is -2.08. The molecule has 122 valence electrons. The monoisotopic (exact) mass is 407 g/mol. The summed E-state index contributed by atoms with van der Waals surface area (Å²) in [6.07, 6.45) is 1.50. The van der Waals surface area contributed by atoms with Crippen LogP contribution in [0, 0.1) is 0 Å². The number of carboxylic acid groups (broad SMARTS) is 1. The Morgan fingerprint density at radius 2 is 2.00 bits per heavy atom. The SMILES string of the molecule is O=C(O)COc1ccc(Br)cc1-c1coc(-c2ccc(Cl)cc2)n1. The molecule has 0 aliphatic heterocycles. The minimum atomic E-state index is -1.05. The second-order valence-corrected chi connectivity index (χ2v) is 6.22. The number of halogens is 2. The summed E-state index contributed by atoms with van der Waals surface area (Å²) in [7, 11) is 0. The minimum absolute atomic E-state index is 0.413. The van der Waals surface area contributed by atoms with E-state index in [2.05, 4.69) is 20.9 Å². The van der Waals surface area contributed by atoms with Crippen LogP contribution >= 0.6 is 27.5 Å². The van der Waals surface area contributed by atoms with Crippen molar-refractivity contribution in [1.29, 1.82) is 0 Å². The van der Waals surface area contributed by atoms with Crippen molar-refractivity contribution in [3.63, 3.8) is 0 Å². The van der Waals surface area contributed by atoms with Crippen molar-refractivity contribution in [1.82, 2.24) is 4.98 Å². The van der Waals surface area contributed by atoms with Gasteiger partial charge in [0.1, 0.15) is 17.7 Å². The van der Waals surface area contributed by atoms with E-state index in [1.165, 1.54) is 6.26 Å². The average molecular weight is 409 g/mol. The Bertz CT molecular complexity index is 877. The van der Waals surface area contributed by atoms with E-state index < -0.39 is 12.6 Å². The number of nitrogens with zero attached hydrogens (tertiary/aromatic N) is 1. The van der Waals surface area contributed by atoms with E-state index in [4.69, 9.17) is 25.9 Å². The average Bonchev–Trinajstić information content (AvgIpc) is 3.04. The van der Waals surface area contributed by atoms with Gasteiger partial charge in [-0.3, -0.25) is 0 Å². The number of hydrogen-bond donors (Lipinski definition) is 1. The fraction of sp³-hybridized carbons (Fsp3) is 0.0588. The Balaban J connectivity index is 1.95. The second kappa shape index (κ2) is 7.07. The molecule has 0 saturated carbocycles. The number of hydrogen-bond acceptors (Lipinski definition) is 4. The summed E-state index contributed by atoms with van der Waals surface area (Å²) in [5, 5.41) is 9.41. The van der Waals surface area contributed by atoms with E-state index in [0.29, 0.717) is 27.9 Å². The van der Waals surface area contributed by atoms with Crippen LogP contribution in [-0.4, -0.2) is 22.7 Å². The molecular formula is C17H11BrClNO4. The summed E-state index contributed by atoms with van der Waals surface area (Å²) >= 11 is 9.27. The third-order valence-electron chi connectivity index (χ3n) is 3.16. The fourth-order valence-corrected chi connectivity index (χ4v) is 2.58. The minimum Gasteiger partial charge on any atom is -0.481 e. The predicted octanol–water partition coefficient (Wildman–Crippen LogP) is 4.89. The molecule has 7 heteroatoms. The molecule has 3 rings (SSSR count). The van der Waals surface area contributed by atoms with Gasteiger partial charge in [0.25, 0.3) is 0 Å². The third kappa shape index (κ3) is 3.77. The van der Waals surface area contributed by atoms with E-state index in [-0.39, 0.29) is 0 Å². The first kappa shape index (κ1) is 16.5. The quantitative estimate of drug-likeness (QED) is 0.651. The Kier molecular flexibility index (Phi) is 4.87. The van der Waals surface area contributed by atoms with Crippen LogP contribution in [0.25, 0.3) is 22.7 Å². The molecule has 0 bridgehead atoms. The Morgan fingerprint density at radius 1 is 1.25 bits per heavy atom. The molecule has 5 nitrogen and oxygen atoms in total. The van der Waals surface area contributed by atoms with Gasteiger partial charge in [0.2, 0.25) is 5.89 Å². The van der Waals surface area contributed by atoms with E-state index in [9.17, 15) is 4.79 Å². The maximum Gasteiger partial charge on any atom is 0.341 e. The van der Waals surface area contributed by atoms with Gasteiger partial charge in [-0.1, -0.05) is 27.5 Å². The smallest absolute Gasteiger partial charge is 0.341 e. The van der Waals surface area contributed by atoms with Crippen molar-refractivity contribution in [3.05, 3.63) is 58.2 Å². The molecule has 0 saturated heterocycles. The van der Waals surface area contributed by atoms with Crippen LogP contribution < -0.4 is 4.74 Å². The molecule has 24 heavy (non-hydrogen) atoms. The fourth-order valence-electron chi connectivity index (χ4n) is 2.09. The zero-order valence-electron chi connectivity index (χ0n) is 12.2. The molecule has 0 aliphatic carbocycles. The summed E-state index contributed by atoms with van der Waals surface area (Å²) < 4.78 is 11.7. The molecule has 1 N–H and O–H groups in total. The Morgan fingerprint density at radius 3 is 2.71 bits per heavy atom. The number of aliphatic carboxylic acids is 1. The first-order valence-corrected chi connectivity index (χ1v) is 8.06. The van der Waals surface area contributed by atoms with Crippen molar-refractivity contribution in [2.75, 3.05) is 6.61 Å². The van der Waals surface area contributed by atoms with Gasteiger partial charge in [-0.05, 0) is 42.5 Å². The van der Waals surface area contributed by atoms with Gasteiger partial charge >= 0.3 is 5.97 Å². The highest BCUT2D eigenvalue weighted by Gasteiger charge is 2.14. The number of benzene rings is 2. The lowest BCUT2D eigenvalue weighted by atomic mass is 10.1. The van der Waals surface area contributed by atoms with Crippen LogP contribution in [0.3, 0.4) is 0 Å². The van der Waals surface area contributed by atoms with Crippen LogP contribution in [0.5, 0.6) is 5.75 Å². The maximum absolute atomic E-state index is 10.7. The summed E-state index contributed by atoms with van der Waals surface area (Å²) in [6.45, 7) is -0.434. The highest BCUT2D eigenvalue weighted by atomic mass is 79.9. The van der Waals surface area contributed by atoms with Crippen LogP contribution in [-0.2, 0) is 4.79 Å². The van der Waals surface area contributed by atoms with Gasteiger partial charge in [-0.15, -0.1) is 0 Å². The molecule has 2 aromatic carbocycles. The van der Waals surface area contributed by atoms with E-state index in [1.807, 2.05) is 0 Å². The standard InChI is InChI=1S/C17H11BrClNO4/c18-11-3-6-15(23-9-16(21)22)13(7-11)14-8-24-17(20-14)10-1-4-12(19)5-2-10/h1-8H,9H2,(H,21,22). The topological polar surface area (TPSA) is 72.6 Å². The molecule has 0 radical (unpaired) electrons. The summed E-state index contributed by atoms with van der Waals surface area (Å²) in [6, 6.07) is 12.4. The molecule has 0 fully saturated rings. The lowest BCUT2D eigenvalue weighted by Crippen LogP contribution is -2.10. The van der Waals surface area contributed by atoms with Crippen LogP contribution in [0.1, 0.15) is 0 Å². The molecule has 0 unspecified atom stereocenters. The van der Waals surface area contributed by atoms with Crippen LogP contribution in [0.4, 0.5) is 0 Å². The number of aromatic nitrogens is 1. The van der Waals surface area contributed by atoms with E-state index in [1.54, 1.807) is 42.5 Å². The first-order valence-electron chi connectivity index (χ1n) is 6.89. The largest absolute Gasteiger partial charge is 0.481 e. The summed E-state index contributed by atoms with van der Waals surface area (Å²) in [5.41, 5.74) is 1.96. The van der Waals surface area contributed by atoms with Crippen molar-refractivity contribution in [2.24, 2.45) is 0 Å². The van der Waals surface area contributed by atoms with Gasteiger partial charge in [0, 0.05) is 20.6 Å². The molecular weight excluding hydrogens is 398 g/mol. The third-order valence-corrected chi connectivity index (χ3v) is 3.91. The second-order valence-electron chi connectivity index (χ2n) is 4.87. The molecule has 0 spiro atoms. The Labute approximate surface area is 151 Å². The van der Waals surface area contributed by atoms with Crippen LogP contribution in [0.15, 0.2) is 57.6 Å².